The van der Waals surface area contributed by atoms with Crippen LogP contribution in [-0.2, 0) is 28.7 Å². The van der Waals surface area contributed by atoms with Crippen LogP contribution >= 0.6 is 0 Å². The van der Waals surface area contributed by atoms with Crippen LogP contribution in [0.3, 0.4) is 0 Å². The zero-order chi connectivity index (χ0) is 20.4. The van der Waals surface area contributed by atoms with Gasteiger partial charge in [-0.05, 0) is 19.4 Å². The fourth-order valence-electron chi connectivity index (χ4n) is 2.37. The number of esters is 2. The summed E-state index contributed by atoms with van der Waals surface area (Å²) < 4.78 is 9.66. The monoisotopic (exact) mass is 380 g/mol. The second kappa shape index (κ2) is 10.9. The average molecular weight is 380 g/mol. The van der Waals surface area contributed by atoms with E-state index in [4.69, 9.17) is 15.2 Å². The van der Waals surface area contributed by atoms with Crippen molar-refractivity contribution in [3.05, 3.63) is 35.9 Å². The Hall–Kier alpha value is -2.94. The van der Waals surface area contributed by atoms with Crippen LogP contribution in [0.15, 0.2) is 30.3 Å². The molecule has 0 aliphatic carbocycles. The van der Waals surface area contributed by atoms with Gasteiger partial charge in [-0.3, -0.25) is 19.2 Å². The number of ether oxygens (including phenoxy) is 2. The molecule has 0 radical (unpaired) electrons. The van der Waals surface area contributed by atoms with Crippen molar-refractivity contribution in [2.45, 2.75) is 32.4 Å². The van der Waals surface area contributed by atoms with E-state index >= 15 is 0 Å². The van der Waals surface area contributed by atoms with E-state index in [-0.39, 0.29) is 18.8 Å². The largest absolute Gasteiger partial charge is 0.466 e. The molecule has 0 saturated carbocycles. The molecule has 0 unspecified atom stereocenters. The third-order valence-corrected chi connectivity index (χ3v) is 3.65. The number of carbonyl (C=O) groups is 4. The predicted molar refractivity (Wildman–Crippen MR) is 93.9 cm³/mol. The number of rotatable bonds is 10. The molecule has 27 heavy (non-hydrogen) atoms. The third-order valence-electron chi connectivity index (χ3n) is 3.65. The molecule has 0 spiro atoms. The van der Waals surface area contributed by atoms with E-state index in [0.29, 0.717) is 0 Å². The number of nitrogens with two attached hydrogens (primary N) is 1. The molecule has 1 aromatic rings. The number of carbonyl (C=O) groups excluding carboxylic acids is 4. The van der Waals surface area contributed by atoms with Crippen LogP contribution in [0.5, 0.6) is 0 Å². The van der Waals surface area contributed by atoms with Crippen LogP contribution in [-0.4, -0.2) is 48.1 Å². The van der Waals surface area contributed by atoms with E-state index in [9.17, 15) is 24.3 Å². The highest BCUT2D eigenvalue weighted by atomic mass is 16.5. The molecule has 1 rings (SSSR count). The highest BCUT2D eigenvalue weighted by Gasteiger charge is 2.38. The van der Waals surface area contributed by atoms with Crippen molar-refractivity contribution in [1.29, 1.82) is 0 Å². The van der Waals surface area contributed by atoms with Gasteiger partial charge in [0.15, 0.2) is 6.10 Å². The molecule has 9 heteroatoms. The van der Waals surface area contributed by atoms with Gasteiger partial charge in [-0.25, -0.2) is 0 Å². The van der Waals surface area contributed by atoms with Crippen molar-refractivity contribution in [3.8, 4) is 0 Å². The van der Waals surface area contributed by atoms with Gasteiger partial charge in [-0.1, -0.05) is 30.3 Å². The molecule has 0 fully saturated rings. The summed E-state index contributed by atoms with van der Waals surface area (Å²) in [4.78, 5) is 48.2. The molecule has 2 amide bonds. The van der Waals surface area contributed by atoms with Gasteiger partial charge in [0.05, 0.1) is 25.6 Å². The number of nitrogens with one attached hydrogen (secondary N) is 1. The van der Waals surface area contributed by atoms with Crippen LogP contribution in [0.2, 0.25) is 0 Å². The number of aliphatic hydroxyl groups excluding tert-OH is 1. The topological polar surface area (TPSA) is 145 Å². The molecule has 0 aliphatic heterocycles. The Labute approximate surface area is 156 Å². The van der Waals surface area contributed by atoms with Crippen LogP contribution in [0.1, 0.15) is 31.9 Å². The van der Waals surface area contributed by atoms with Crippen molar-refractivity contribution in [1.82, 2.24) is 5.32 Å². The summed E-state index contributed by atoms with van der Waals surface area (Å²) >= 11 is 0. The summed E-state index contributed by atoms with van der Waals surface area (Å²) in [7, 11) is 0. The first-order chi connectivity index (χ1) is 12.8. The number of aliphatic hydroxyl groups is 1. The second-order valence-electron chi connectivity index (χ2n) is 5.57. The van der Waals surface area contributed by atoms with Gasteiger partial charge in [0.2, 0.25) is 5.91 Å². The number of primary amides is 1. The number of benzene rings is 1. The first-order valence-electron chi connectivity index (χ1n) is 8.46. The van der Waals surface area contributed by atoms with E-state index in [1.54, 1.807) is 32.0 Å². The summed E-state index contributed by atoms with van der Waals surface area (Å²) in [6.45, 7) is 3.22. The van der Waals surface area contributed by atoms with E-state index < -0.39 is 48.2 Å². The summed E-state index contributed by atoms with van der Waals surface area (Å²) in [5.41, 5.74) is 5.60. The Kier molecular flexibility index (Phi) is 8.94. The summed E-state index contributed by atoms with van der Waals surface area (Å²) in [6, 6.07) is 6.44. The quantitative estimate of drug-likeness (QED) is 0.478. The van der Waals surface area contributed by atoms with Gasteiger partial charge >= 0.3 is 11.9 Å². The molecule has 0 aromatic heterocycles. The van der Waals surface area contributed by atoms with Gasteiger partial charge in [-0.2, -0.15) is 0 Å². The Morgan fingerprint density at radius 2 is 1.67 bits per heavy atom. The predicted octanol–water partition coefficient (Wildman–Crippen LogP) is -0.177. The molecule has 3 atom stereocenters. The highest BCUT2D eigenvalue weighted by Crippen LogP contribution is 2.17. The Bertz CT molecular complexity index is 663. The standard InChI is InChI=1S/C18H24N2O7/c1-3-26-13(21)10-12(18(25)27-4-2)14(16(19)23)20-17(24)15(22)11-8-6-5-7-9-11/h5-9,12,14-15,22H,3-4,10H2,1-2H3,(H2,19,23)(H,20,24)/t12-,14-,15+/m1/s1. The summed E-state index contributed by atoms with van der Waals surface area (Å²) in [6.07, 6.45) is -2.10. The molecular formula is C18H24N2O7. The lowest BCUT2D eigenvalue weighted by Gasteiger charge is -2.24. The van der Waals surface area contributed by atoms with Crippen molar-refractivity contribution in [3.63, 3.8) is 0 Å². The average Bonchev–Trinajstić information content (AvgIpc) is 2.64. The zero-order valence-corrected chi connectivity index (χ0v) is 15.2. The highest BCUT2D eigenvalue weighted by molar-refractivity contribution is 5.94. The Morgan fingerprint density at radius 3 is 2.19 bits per heavy atom. The molecule has 1 aromatic carbocycles. The van der Waals surface area contributed by atoms with Crippen molar-refractivity contribution in [2.75, 3.05) is 13.2 Å². The normalized spacial score (nSPS) is 13.7. The fourth-order valence-corrected chi connectivity index (χ4v) is 2.37. The maximum atomic E-state index is 12.3. The number of hydrogen-bond acceptors (Lipinski definition) is 7. The number of amides is 2. The minimum atomic E-state index is -1.58. The lowest BCUT2D eigenvalue weighted by molar-refractivity contribution is -0.157. The summed E-state index contributed by atoms with van der Waals surface area (Å²) in [5.74, 6) is -5.01. The van der Waals surface area contributed by atoms with Gasteiger partial charge in [0.25, 0.3) is 5.91 Å². The lowest BCUT2D eigenvalue weighted by Crippen LogP contribution is -2.53. The maximum Gasteiger partial charge on any atom is 0.312 e. The van der Waals surface area contributed by atoms with Gasteiger partial charge in [-0.15, -0.1) is 0 Å². The van der Waals surface area contributed by atoms with E-state index in [1.807, 2.05) is 0 Å². The third kappa shape index (κ3) is 6.70. The maximum absolute atomic E-state index is 12.3. The molecule has 0 bridgehead atoms. The fraction of sp³-hybridized carbons (Fsp3) is 0.444. The SMILES string of the molecule is CCOC(=O)C[C@@H](C(=O)OCC)[C@@H](NC(=O)[C@@H](O)c1ccccc1)C(N)=O. The molecule has 0 heterocycles. The first kappa shape index (κ1) is 22.1. The molecule has 0 saturated heterocycles. The molecule has 9 nitrogen and oxygen atoms in total. The van der Waals surface area contributed by atoms with Crippen LogP contribution in [0, 0.1) is 5.92 Å². The second-order valence-corrected chi connectivity index (χ2v) is 5.57. The first-order valence-corrected chi connectivity index (χ1v) is 8.46. The molecular weight excluding hydrogens is 356 g/mol. The zero-order valence-electron chi connectivity index (χ0n) is 15.2. The Morgan fingerprint density at radius 1 is 1.07 bits per heavy atom. The van der Waals surface area contributed by atoms with Crippen molar-refractivity contribution >= 4 is 23.8 Å². The van der Waals surface area contributed by atoms with Crippen LogP contribution in [0.4, 0.5) is 0 Å². The van der Waals surface area contributed by atoms with E-state index in [0.717, 1.165) is 0 Å². The minimum Gasteiger partial charge on any atom is -0.466 e. The Balaban J connectivity index is 3.01. The molecule has 148 valence electrons. The number of hydrogen-bond donors (Lipinski definition) is 3. The summed E-state index contributed by atoms with van der Waals surface area (Å²) in [5, 5.41) is 12.4. The molecule has 0 aliphatic rings. The van der Waals surface area contributed by atoms with Gasteiger partial charge < -0.3 is 25.6 Å². The lowest BCUT2D eigenvalue weighted by atomic mass is 9.94. The molecule has 4 N–H and O–H groups in total. The van der Waals surface area contributed by atoms with Gasteiger partial charge in [0, 0.05) is 0 Å². The van der Waals surface area contributed by atoms with Gasteiger partial charge in [0.1, 0.15) is 6.04 Å². The van der Waals surface area contributed by atoms with Crippen molar-refractivity contribution < 1.29 is 33.8 Å². The van der Waals surface area contributed by atoms with E-state index in [1.165, 1.54) is 12.1 Å². The van der Waals surface area contributed by atoms with Crippen LogP contribution in [0.25, 0.3) is 0 Å². The minimum absolute atomic E-state index is 0.00419. The van der Waals surface area contributed by atoms with Crippen molar-refractivity contribution in [2.24, 2.45) is 11.7 Å². The smallest absolute Gasteiger partial charge is 0.312 e. The van der Waals surface area contributed by atoms with Crippen LogP contribution < -0.4 is 11.1 Å². The van der Waals surface area contributed by atoms with E-state index in [2.05, 4.69) is 5.32 Å².